The van der Waals surface area contributed by atoms with E-state index in [4.69, 9.17) is 0 Å². The molecular formula is C9H16BrN3O2S. The minimum Gasteiger partial charge on any atom is -0.339 e. The molecule has 7 heteroatoms. The molecule has 1 rings (SSSR count). The highest BCUT2D eigenvalue weighted by Crippen LogP contribution is 2.17. The van der Waals surface area contributed by atoms with Gasteiger partial charge in [-0.1, -0.05) is 29.8 Å². The first kappa shape index (κ1) is 13.7. The lowest BCUT2D eigenvalue weighted by atomic mass is 9.98. The summed E-state index contributed by atoms with van der Waals surface area (Å²) in [5.74, 6) is 0. The second-order valence-corrected chi connectivity index (χ2v) is 6.77. The Labute approximate surface area is 104 Å². The van der Waals surface area contributed by atoms with Gasteiger partial charge in [-0.3, -0.25) is 0 Å². The summed E-state index contributed by atoms with van der Waals surface area (Å²) in [4.78, 5) is 3.81. The number of imidazole rings is 1. The summed E-state index contributed by atoms with van der Waals surface area (Å²) >= 11 is 3.34. The van der Waals surface area contributed by atoms with Gasteiger partial charge in [-0.25, -0.2) is 18.1 Å². The van der Waals surface area contributed by atoms with Crippen LogP contribution in [0.4, 0.5) is 0 Å². The molecule has 16 heavy (non-hydrogen) atoms. The number of aromatic nitrogens is 2. The predicted molar refractivity (Wildman–Crippen MR) is 66.0 cm³/mol. The van der Waals surface area contributed by atoms with E-state index in [1.54, 1.807) is 11.6 Å². The Balaban J connectivity index is 2.74. The maximum Gasteiger partial charge on any atom is 0.259 e. The fourth-order valence-electron chi connectivity index (χ4n) is 0.939. The topological polar surface area (TPSA) is 64.0 Å². The first-order valence-corrected chi connectivity index (χ1v) is 7.41. The van der Waals surface area contributed by atoms with Crippen LogP contribution in [0.15, 0.2) is 17.6 Å². The van der Waals surface area contributed by atoms with Crippen LogP contribution in [0, 0.1) is 5.41 Å². The monoisotopic (exact) mass is 309 g/mol. The molecule has 0 fully saturated rings. The van der Waals surface area contributed by atoms with Crippen LogP contribution in [0.2, 0.25) is 0 Å². The number of halogens is 1. The van der Waals surface area contributed by atoms with Gasteiger partial charge in [0.05, 0.1) is 6.33 Å². The molecule has 5 nitrogen and oxygen atoms in total. The number of nitrogens with one attached hydrogen (secondary N) is 1. The first-order valence-electron chi connectivity index (χ1n) is 4.80. The highest BCUT2D eigenvalue weighted by molar-refractivity contribution is 9.09. The van der Waals surface area contributed by atoms with E-state index in [2.05, 4.69) is 25.6 Å². The van der Waals surface area contributed by atoms with Crippen molar-refractivity contribution in [1.82, 2.24) is 14.3 Å². The fourth-order valence-corrected chi connectivity index (χ4v) is 2.36. The molecule has 0 radical (unpaired) electrons. The highest BCUT2D eigenvalue weighted by atomic mass is 79.9. The van der Waals surface area contributed by atoms with Crippen molar-refractivity contribution in [2.75, 3.05) is 11.9 Å². The number of rotatable bonds is 5. The van der Waals surface area contributed by atoms with Gasteiger partial charge < -0.3 is 4.57 Å². The minimum atomic E-state index is -3.49. The Morgan fingerprint density at radius 3 is 2.62 bits per heavy atom. The molecule has 1 heterocycles. The fraction of sp³-hybridized carbons (Fsp3) is 0.667. The molecule has 0 unspecified atom stereocenters. The number of nitrogens with zero attached hydrogens (tertiary/aromatic N) is 2. The SMILES string of the molecule is Cn1cnc(S(=O)(=O)NCC(C)(C)CBr)c1. The summed E-state index contributed by atoms with van der Waals surface area (Å²) in [5, 5.41) is 0.783. The van der Waals surface area contributed by atoms with E-state index in [0.29, 0.717) is 6.54 Å². The van der Waals surface area contributed by atoms with Crippen molar-refractivity contribution in [3.8, 4) is 0 Å². The smallest absolute Gasteiger partial charge is 0.259 e. The predicted octanol–water partition coefficient (Wildman–Crippen LogP) is 1.12. The van der Waals surface area contributed by atoms with E-state index in [1.165, 1.54) is 12.5 Å². The Hall–Kier alpha value is -0.400. The summed E-state index contributed by atoms with van der Waals surface area (Å²) in [7, 11) is -1.75. The van der Waals surface area contributed by atoms with Crippen LogP contribution in [0.1, 0.15) is 13.8 Å². The molecule has 0 saturated heterocycles. The van der Waals surface area contributed by atoms with Gasteiger partial charge in [0.15, 0.2) is 5.03 Å². The van der Waals surface area contributed by atoms with Gasteiger partial charge in [0.2, 0.25) is 0 Å². The molecule has 0 bridgehead atoms. The van der Waals surface area contributed by atoms with Crippen LogP contribution in [0.5, 0.6) is 0 Å². The van der Waals surface area contributed by atoms with Gasteiger partial charge >= 0.3 is 0 Å². The Morgan fingerprint density at radius 2 is 2.19 bits per heavy atom. The van der Waals surface area contributed by atoms with Crippen LogP contribution in [0.25, 0.3) is 0 Å². The number of sulfonamides is 1. The van der Waals surface area contributed by atoms with E-state index < -0.39 is 10.0 Å². The number of alkyl halides is 1. The van der Waals surface area contributed by atoms with Crippen LogP contribution in [-0.4, -0.2) is 29.8 Å². The first-order chi connectivity index (χ1) is 7.27. The maximum atomic E-state index is 11.8. The molecule has 0 aliphatic carbocycles. The van der Waals surface area contributed by atoms with Crippen molar-refractivity contribution in [2.45, 2.75) is 18.9 Å². The normalized spacial score (nSPS) is 13.0. The van der Waals surface area contributed by atoms with Gasteiger partial charge in [0, 0.05) is 25.1 Å². The van der Waals surface area contributed by atoms with Crippen molar-refractivity contribution in [2.24, 2.45) is 12.5 Å². The lowest BCUT2D eigenvalue weighted by Gasteiger charge is -2.21. The van der Waals surface area contributed by atoms with Crippen LogP contribution < -0.4 is 4.72 Å². The van der Waals surface area contributed by atoms with Crippen molar-refractivity contribution < 1.29 is 8.42 Å². The van der Waals surface area contributed by atoms with E-state index in [9.17, 15) is 8.42 Å². The Morgan fingerprint density at radius 1 is 1.56 bits per heavy atom. The summed E-state index contributed by atoms with van der Waals surface area (Å²) in [6.07, 6.45) is 2.94. The summed E-state index contributed by atoms with van der Waals surface area (Å²) in [5.41, 5.74) is -0.123. The van der Waals surface area contributed by atoms with Crippen LogP contribution >= 0.6 is 15.9 Å². The van der Waals surface area contributed by atoms with Gasteiger partial charge in [0.25, 0.3) is 10.0 Å². The number of hydrogen-bond donors (Lipinski definition) is 1. The largest absolute Gasteiger partial charge is 0.339 e. The molecule has 1 aromatic rings. The van der Waals surface area contributed by atoms with Gasteiger partial charge in [0.1, 0.15) is 0 Å². The maximum absolute atomic E-state index is 11.8. The van der Waals surface area contributed by atoms with E-state index >= 15 is 0 Å². The van der Waals surface area contributed by atoms with Gasteiger partial charge in [-0.15, -0.1) is 0 Å². The standard InChI is InChI=1S/C9H16BrN3O2S/c1-9(2,5-10)6-12-16(14,15)8-4-13(3)7-11-8/h4,7,12H,5-6H2,1-3H3. The van der Waals surface area contributed by atoms with Crippen molar-refractivity contribution in [3.63, 3.8) is 0 Å². The second-order valence-electron chi connectivity index (χ2n) is 4.50. The summed E-state index contributed by atoms with van der Waals surface area (Å²) in [6, 6.07) is 0. The quantitative estimate of drug-likeness (QED) is 0.829. The van der Waals surface area contributed by atoms with Crippen LogP contribution in [-0.2, 0) is 17.1 Å². The molecule has 0 spiro atoms. The number of aryl methyl sites for hydroxylation is 1. The molecule has 0 amide bonds. The molecule has 0 atom stereocenters. The Bertz CT molecular complexity index is 453. The minimum absolute atomic E-state index is 0.0559. The third-order valence-corrected chi connectivity index (χ3v) is 4.86. The van der Waals surface area contributed by atoms with Gasteiger partial charge in [-0.05, 0) is 5.41 Å². The average Bonchev–Trinajstić information content (AvgIpc) is 2.63. The molecule has 0 aromatic carbocycles. The van der Waals surface area contributed by atoms with Crippen molar-refractivity contribution in [3.05, 3.63) is 12.5 Å². The molecule has 1 aromatic heterocycles. The third-order valence-electron chi connectivity index (χ3n) is 2.06. The third kappa shape index (κ3) is 3.57. The van der Waals surface area contributed by atoms with E-state index in [-0.39, 0.29) is 10.4 Å². The molecule has 0 aliphatic rings. The lowest BCUT2D eigenvalue weighted by molar-refractivity contribution is 0.419. The van der Waals surface area contributed by atoms with E-state index in [1.807, 2.05) is 13.8 Å². The second kappa shape index (κ2) is 4.85. The molecule has 92 valence electrons. The zero-order valence-corrected chi connectivity index (χ0v) is 12.0. The van der Waals surface area contributed by atoms with Crippen molar-refractivity contribution >= 4 is 26.0 Å². The molecular weight excluding hydrogens is 294 g/mol. The molecule has 0 saturated carbocycles. The highest BCUT2D eigenvalue weighted by Gasteiger charge is 2.22. The molecule has 0 aliphatic heterocycles. The average molecular weight is 310 g/mol. The van der Waals surface area contributed by atoms with Crippen LogP contribution in [0.3, 0.4) is 0 Å². The van der Waals surface area contributed by atoms with Crippen molar-refractivity contribution in [1.29, 1.82) is 0 Å². The lowest BCUT2D eigenvalue weighted by Crippen LogP contribution is -2.35. The Kier molecular flexibility index (Phi) is 4.14. The summed E-state index contributed by atoms with van der Waals surface area (Å²) < 4.78 is 27.8. The summed E-state index contributed by atoms with van der Waals surface area (Å²) in [6.45, 7) is 4.32. The zero-order chi connectivity index (χ0) is 12.4. The number of hydrogen-bond acceptors (Lipinski definition) is 3. The molecule has 1 N–H and O–H groups in total. The zero-order valence-electron chi connectivity index (χ0n) is 9.57. The van der Waals surface area contributed by atoms with E-state index in [0.717, 1.165) is 5.33 Å². The van der Waals surface area contributed by atoms with Gasteiger partial charge in [-0.2, -0.15) is 0 Å².